The van der Waals surface area contributed by atoms with Gasteiger partial charge in [-0.3, -0.25) is 4.90 Å². The fourth-order valence-electron chi connectivity index (χ4n) is 3.01. The fraction of sp³-hybridized carbons (Fsp3) is 1.00. The number of nitrogens with zero attached hydrogens (tertiary/aromatic N) is 2. The molecule has 2 aliphatic rings. The lowest BCUT2D eigenvalue weighted by atomic mass is 9.94. The second-order valence-electron chi connectivity index (χ2n) is 5.03. The van der Waals surface area contributed by atoms with Crippen molar-refractivity contribution in [2.45, 2.75) is 24.9 Å². The van der Waals surface area contributed by atoms with Crippen LogP contribution in [0.4, 0.5) is 0 Å². The average molecular weight is 229 g/mol. The van der Waals surface area contributed by atoms with Gasteiger partial charge in [0.15, 0.2) is 0 Å². The first-order chi connectivity index (χ1) is 7.18. The number of thioether (sulfide) groups is 1. The normalized spacial score (nSPS) is 39.8. The third-order valence-electron chi connectivity index (χ3n) is 3.88. The number of rotatable bonds is 2. The van der Waals surface area contributed by atoms with E-state index in [4.69, 9.17) is 5.73 Å². The van der Waals surface area contributed by atoms with Gasteiger partial charge in [-0.25, -0.2) is 0 Å². The highest BCUT2D eigenvalue weighted by atomic mass is 32.2. The average Bonchev–Trinajstić information content (AvgIpc) is 2.62. The van der Waals surface area contributed by atoms with Gasteiger partial charge in [0.25, 0.3) is 0 Å². The summed E-state index contributed by atoms with van der Waals surface area (Å²) in [4.78, 5) is 5.09. The molecule has 88 valence electrons. The van der Waals surface area contributed by atoms with Crippen molar-refractivity contribution in [3.05, 3.63) is 0 Å². The predicted molar refractivity (Wildman–Crippen MR) is 67.4 cm³/mol. The summed E-state index contributed by atoms with van der Waals surface area (Å²) in [5.41, 5.74) is 6.32. The lowest BCUT2D eigenvalue weighted by Crippen LogP contribution is -2.61. The molecule has 2 saturated heterocycles. The number of hydrogen-bond acceptors (Lipinski definition) is 4. The zero-order valence-electron chi connectivity index (χ0n) is 9.91. The summed E-state index contributed by atoms with van der Waals surface area (Å²) < 4.78 is 0. The van der Waals surface area contributed by atoms with Gasteiger partial charge in [-0.2, -0.15) is 11.8 Å². The van der Waals surface area contributed by atoms with Crippen molar-refractivity contribution in [2.24, 2.45) is 5.73 Å². The molecular weight excluding hydrogens is 206 g/mol. The monoisotopic (exact) mass is 229 g/mol. The van der Waals surface area contributed by atoms with E-state index in [1.165, 1.54) is 31.0 Å². The van der Waals surface area contributed by atoms with Crippen LogP contribution < -0.4 is 5.73 Å². The van der Waals surface area contributed by atoms with Gasteiger partial charge in [0, 0.05) is 42.7 Å². The van der Waals surface area contributed by atoms with E-state index >= 15 is 0 Å². The van der Waals surface area contributed by atoms with Gasteiger partial charge in [-0.05, 0) is 26.9 Å². The standard InChI is InChI=1S/C11H23N3S/c1-10-7-15-6-5-14(10)11(8-12)3-4-13(2)9-11/h10H,3-9,12H2,1-2H3. The Hall–Kier alpha value is 0.230. The summed E-state index contributed by atoms with van der Waals surface area (Å²) >= 11 is 2.08. The maximum atomic E-state index is 6.05. The minimum absolute atomic E-state index is 0.273. The lowest BCUT2D eigenvalue weighted by molar-refractivity contribution is 0.0748. The Morgan fingerprint density at radius 1 is 1.47 bits per heavy atom. The summed E-state index contributed by atoms with van der Waals surface area (Å²) in [6, 6.07) is 0.693. The van der Waals surface area contributed by atoms with E-state index < -0.39 is 0 Å². The molecule has 0 amide bonds. The Morgan fingerprint density at radius 2 is 2.27 bits per heavy atom. The molecule has 3 nitrogen and oxygen atoms in total. The van der Waals surface area contributed by atoms with Crippen molar-refractivity contribution < 1.29 is 0 Å². The molecule has 2 unspecified atom stereocenters. The van der Waals surface area contributed by atoms with Crippen LogP contribution in [-0.2, 0) is 0 Å². The predicted octanol–water partition coefficient (Wildman–Crippen LogP) is 0.457. The summed E-state index contributed by atoms with van der Waals surface area (Å²) in [5.74, 6) is 2.54. The van der Waals surface area contributed by atoms with Crippen LogP contribution >= 0.6 is 11.8 Å². The molecule has 0 saturated carbocycles. The van der Waals surface area contributed by atoms with Gasteiger partial charge in [0.2, 0.25) is 0 Å². The Labute approximate surface area is 97.4 Å². The Morgan fingerprint density at radius 3 is 2.80 bits per heavy atom. The highest BCUT2D eigenvalue weighted by Gasteiger charge is 2.43. The molecule has 0 aromatic heterocycles. The second-order valence-corrected chi connectivity index (χ2v) is 6.18. The molecule has 0 aliphatic carbocycles. The van der Waals surface area contributed by atoms with E-state index in [2.05, 4.69) is 35.5 Å². The van der Waals surface area contributed by atoms with E-state index in [0.717, 1.165) is 13.1 Å². The van der Waals surface area contributed by atoms with Crippen LogP contribution in [0.25, 0.3) is 0 Å². The molecule has 0 bridgehead atoms. The van der Waals surface area contributed by atoms with Crippen molar-refractivity contribution in [3.63, 3.8) is 0 Å². The largest absolute Gasteiger partial charge is 0.329 e. The molecular formula is C11H23N3S. The van der Waals surface area contributed by atoms with Crippen LogP contribution in [0, 0.1) is 0 Å². The first-order valence-electron chi connectivity index (χ1n) is 5.91. The van der Waals surface area contributed by atoms with E-state index in [0.29, 0.717) is 6.04 Å². The molecule has 2 N–H and O–H groups in total. The molecule has 2 rings (SSSR count). The minimum Gasteiger partial charge on any atom is -0.329 e. The molecule has 0 spiro atoms. The summed E-state index contributed by atoms with van der Waals surface area (Å²) in [6.45, 7) is 6.73. The molecule has 2 aliphatic heterocycles. The van der Waals surface area contributed by atoms with Gasteiger partial charge in [-0.1, -0.05) is 0 Å². The molecule has 2 fully saturated rings. The number of nitrogens with two attached hydrogens (primary N) is 1. The quantitative estimate of drug-likeness (QED) is 0.745. The number of hydrogen-bond donors (Lipinski definition) is 1. The van der Waals surface area contributed by atoms with Crippen LogP contribution in [0.15, 0.2) is 0 Å². The summed E-state index contributed by atoms with van der Waals surface area (Å²) in [6.07, 6.45) is 1.25. The second kappa shape index (κ2) is 4.62. The molecule has 2 atom stereocenters. The van der Waals surface area contributed by atoms with Crippen molar-refractivity contribution >= 4 is 11.8 Å². The van der Waals surface area contributed by atoms with Crippen LogP contribution in [0.1, 0.15) is 13.3 Å². The van der Waals surface area contributed by atoms with Gasteiger partial charge in [0.1, 0.15) is 0 Å². The van der Waals surface area contributed by atoms with Crippen LogP contribution in [-0.4, -0.2) is 66.1 Å². The van der Waals surface area contributed by atoms with Gasteiger partial charge >= 0.3 is 0 Å². The highest BCUT2D eigenvalue weighted by Crippen LogP contribution is 2.31. The Bertz CT molecular complexity index is 224. The lowest BCUT2D eigenvalue weighted by Gasteiger charge is -2.46. The maximum Gasteiger partial charge on any atom is 0.0473 e. The van der Waals surface area contributed by atoms with Crippen molar-refractivity contribution in [2.75, 3.05) is 44.7 Å². The smallest absolute Gasteiger partial charge is 0.0473 e. The fourth-order valence-corrected chi connectivity index (χ4v) is 4.02. The van der Waals surface area contributed by atoms with Crippen LogP contribution in [0.5, 0.6) is 0 Å². The Kier molecular flexibility index (Phi) is 3.60. The first-order valence-corrected chi connectivity index (χ1v) is 7.06. The number of likely N-dealkylation sites (tertiary alicyclic amines) is 1. The van der Waals surface area contributed by atoms with Crippen molar-refractivity contribution in [1.29, 1.82) is 0 Å². The topological polar surface area (TPSA) is 32.5 Å². The van der Waals surface area contributed by atoms with E-state index in [1.54, 1.807) is 0 Å². The minimum atomic E-state index is 0.273. The third kappa shape index (κ3) is 2.18. The Balaban J connectivity index is 2.10. The van der Waals surface area contributed by atoms with E-state index in [-0.39, 0.29) is 5.54 Å². The highest BCUT2D eigenvalue weighted by molar-refractivity contribution is 7.99. The number of likely N-dealkylation sites (N-methyl/N-ethyl adjacent to an activating group) is 1. The summed E-state index contributed by atoms with van der Waals surface area (Å²) in [7, 11) is 2.21. The van der Waals surface area contributed by atoms with E-state index in [9.17, 15) is 0 Å². The first kappa shape index (κ1) is 11.7. The zero-order valence-corrected chi connectivity index (χ0v) is 10.7. The third-order valence-corrected chi connectivity index (χ3v) is 5.07. The van der Waals surface area contributed by atoms with Gasteiger partial charge in [-0.15, -0.1) is 0 Å². The van der Waals surface area contributed by atoms with Crippen LogP contribution in [0.3, 0.4) is 0 Å². The molecule has 0 aromatic carbocycles. The molecule has 2 heterocycles. The molecule has 0 aromatic rings. The zero-order chi connectivity index (χ0) is 10.9. The SMILES string of the molecule is CC1CSCCN1C1(CN)CCN(C)C1. The molecule has 15 heavy (non-hydrogen) atoms. The maximum absolute atomic E-state index is 6.05. The van der Waals surface area contributed by atoms with Crippen molar-refractivity contribution in [3.8, 4) is 0 Å². The van der Waals surface area contributed by atoms with Gasteiger partial charge < -0.3 is 10.6 Å². The molecule has 0 radical (unpaired) electrons. The van der Waals surface area contributed by atoms with E-state index in [1.807, 2.05) is 0 Å². The van der Waals surface area contributed by atoms with Crippen molar-refractivity contribution in [1.82, 2.24) is 9.80 Å². The summed E-state index contributed by atoms with van der Waals surface area (Å²) in [5, 5.41) is 0. The van der Waals surface area contributed by atoms with Crippen LogP contribution in [0.2, 0.25) is 0 Å². The molecule has 4 heteroatoms. The van der Waals surface area contributed by atoms with Gasteiger partial charge in [0.05, 0.1) is 0 Å².